The van der Waals surface area contributed by atoms with Gasteiger partial charge < -0.3 is 9.84 Å². The van der Waals surface area contributed by atoms with E-state index in [1.807, 2.05) is 37.3 Å². The molecule has 0 aliphatic carbocycles. The molecule has 6 heteroatoms. The van der Waals surface area contributed by atoms with Gasteiger partial charge in [0.1, 0.15) is 5.69 Å². The summed E-state index contributed by atoms with van der Waals surface area (Å²) in [6, 6.07) is 9.17. The number of aromatic nitrogens is 1. The van der Waals surface area contributed by atoms with Gasteiger partial charge in [0.05, 0.1) is 12.6 Å². The Kier molecular flexibility index (Phi) is 6.10. The minimum atomic E-state index is -0.117. The van der Waals surface area contributed by atoms with Crippen LogP contribution in [0.3, 0.4) is 0 Å². The first-order valence-electron chi connectivity index (χ1n) is 8.87. The number of hydrogen-bond donors (Lipinski definition) is 1. The van der Waals surface area contributed by atoms with Crippen LogP contribution in [0.2, 0.25) is 5.02 Å². The number of hydrogen-bond acceptors (Lipinski definition) is 4. The van der Waals surface area contributed by atoms with E-state index < -0.39 is 0 Å². The van der Waals surface area contributed by atoms with Gasteiger partial charge in [0, 0.05) is 16.7 Å². The Morgan fingerprint density at radius 1 is 1.28 bits per heavy atom. The molecular formula is C19H24ClN3O2. The maximum atomic E-state index is 12.4. The Morgan fingerprint density at radius 2 is 2.04 bits per heavy atom. The van der Waals surface area contributed by atoms with Crippen LogP contribution in [0.1, 0.15) is 38.4 Å². The molecule has 0 saturated carbocycles. The van der Waals surface area contributed by atoms with Crippen molar-refractivity contribution < 1.29 is 9.32 Å². The van der Waals surface area contributed by atoms with Crippen LogP contribution >= 0.6 is 11.6 Å². The van der Waals surface area contributed by atoms with Crippen molar-refractivity contribution in [2.75, 3.05) is 13.1 Å². The number of carbonyl (C=O) groups excluding carboxylic acids is 1. The molecule has 2 aromatic rings. The van der Waals surface area contributed by atoms with Crippen molar-refractivity contribution in [3.63, 3.8) is 0 Å². The summed E-state index contributed by atoms with van der Waals surface area (Å²) in [5, 5.41) is 7.66. The van der Waals surface area contributed by atoms with Gasteiger partial charge >= 0.3 is 0 Å². The topological polar surface area (TPSA) is 58.4 Å². The predicted molar refractivity (Wildman–Crippen MR) is 98.3 cm³/mol. The van der Waals surface area contributed by atoms with Crippen molar-refractivity contribution in [2.45, 2.75) is 45.2 Å². The molecule has 2 heterocycles. The molecule has 1 aromatic heterocycles. The number of benzene rings is 1. The molecule has 1 atom stereocenters. The van der Waals surface area contributed by atoms with Gasteiger partial charge in [-0.15, -0.1) is 0 Å². The zero-order valence-electron chi connectivity index (χ0n) is 14.5. The molecule has 1 fully saturated rings. The second kappa shape index (κ2) is 8.50. The standard InChI is InChI=1S/C19H24ClN3O2/c1-14(23-9-4-2-3-5-10-23)19(24)21-13-17-12-18(22-25-17)15-7-6-8-16(20)11-15/h6-8,11-12,14H,2-5,9-10,13H2,1H3,(H,21,24). The van der Waals surface area contributed by atoms with E-state index in [0.717, 1.165) is 18.7 Å². The number of rotatable bonds is 5. The van der Waals surface area contributed by atoms with E-state index in [2.05, 4.69) is 15.4 Å². The number of likely N-dealkylation sites (tertiary alicyclic amines) is 1. The predicted octanol–water partition coefficient (Wildman–Crippen LogP) is 3.88. The van der Waals surface area contributed by atoms with Gasteiger partial charge in [-0.2, -0.15) is 0 Å². The molecule has 1 aliphatic rings. The number of halogens is 1. The van der Waals surface area contributed by atoms with Gasteiger partial charge in [-0.25, -0.2) is 0 Å². The summed E-state index contributed by atoms with van der Waals surface area (Å²) in [5.41, 5.74) is 1.61. The van der Waals surface area contributed by atoms with Gasteiger partial charge in [0.2, 0.25) is 5.91 Å². The van der Waals surface area contributed by atoms with Gasteiger partial charge in [0.25, 0.3) is 0 Å². The Labute approximate surface area is 153 Å². The number of nitrogens with one attached hydrogen (secondary N) is 1. The van der Waals surface area contributed by atoms with Crippen LogP contribution in [-0.4, -0.2) is 35.1 Å². The van der Waals surface area contributed by atoms with Crippen molar-refractivity contribution in [3.05, 3.63) is 41.1 Å². The summed E-state index contributed by atoms with van der Waals surface area (Å²) in [6.45, 7) is 4.30. The summed E-state index contributed by atoms with van der Waals surface area (Å²) >= 11 is 6.00. The lowest BCUT2D eigenvalue weighted by atomic mass is 10.1. The Bertz CT molecular complexity index is 708. The first kappa shape index (κ1) is 18.0. The summed E-state index contributed by atoms with van der Waals surface area (Å²) in [7, 11) is 0. The average molecular weight is 362 g/mol. The molecule has 5 nitrogen and oxygen atoms in total. The largest absolute Gasteiger partial charge is 0.359 e. The fourth-order valence-electron chi connectivity index (χ4n) is 3.15. The number of nitrogens with zero attached hydrogens (tertiary/aromatic N) is 2. The van der Waals surface area contributed by atoms with Crippen LogP contribution in [-0.2, 0) is 11.3 Å². The molecular weight excluding hydrogens is 338 g/mol. The van der Waals surface area contributed by atoms with Crippen LogP contribution in [0.5, 0.6) is 0 Å². The summed E-state index contributed by atoms with van der Waals surface area (Å²) in [4.78, 5) is 14.7. The van der Waals surface area contributed by atoms with Crippen molar-refractivity contribution in [3.8, 4) is 11.3 Å². The molecule has 1 amide bonds. The summed E-state index contributed by atoms with van der Waals surface area (Å²) < 4.78 is 5.33. The van der Waals surface area contributed by atoms with Crippen LogP contribution in [0, 0.1) is 0 Å². The molecule has 1 aliphatic heterocycles. The van der Waals surface area contributed by atoms with Crippen molar-refractivity contribution in [1.29, 1.82) is 0 Å². The average Bonchev–Trinajstić information content (AvgIpc) is 2.92. The second-order valence-corrected chi connectivity index (χ2v) is 6.97. The van der Waals surface area contributed by atoms with E-state index in [1.165, 1.54) is 25.7 Å². The second-order valence-electron chi connectivity index (χ2n) is 6.53. The quantitative estimate of drug-likeness (QED) is 0.878. The van der Waals surface area contributed by atoms with Gasteiger partial charge in [-0.05, 0) is 45.0 Å². The first-order valence-corrected chi connectivity index (χ1v) is 9.24. The van der Waals surface area contributed by atoms with E-state index >= 15 is 0 Å². The Hall–Kier alpha value is -1.85. The molecule has 3 rings (SSSR count). The van der Waals surface area contributed by atoms with Crippen LogP contribution in [0.15, 0.2) is 34.9 Å². The van der Waals surface area contributed by atoms with Crippen LogP contribution in [0.4, 0.5) is 0 Å². The highest BCUT2D eigenvalue weighted by atomic mass is 35.5. The molecule has 25 heavy (non-hydrogen) atoms. The highest BCUT2D eigenvalue weighted by Crippen LogP contribution is 2.22. The Morgan fingerprint density at radius 3 is 2.76 bits per heavy atom. The Balaban J connectivity index is 1.55. The first-order chi connectivity index (χ1) is 12.1. The monoisotopic (exact) mass is 361 g/mol. The van der Waals surface area contributed by atoms with E-state index in [4.69, 9.17) is 16.1 Å². The number of amides is 1. The molecule has 134 valence electrons. The SMILES string of the molecule is CC(C(=O)NCc1cc(-c2cccc(Cl)c2)no1)N1CCCCCC1. The van der Waals surface area contributed by atoms with Crippen molar-refractivity contribution in [1.82, 2.24) is 15.4 Å². The number of carbonyl (C=O) groups is 1. The zero-order valence-corrected chi connectivity index (χ0v) is 15.3. The van der Waals surface area contributed by atoms with Gasteiger partial charge in [-0.3, -0.25) is 9.69 Å². The highest BCUT2D eigenvalue weighted by Gasteiger charge is 2.22. The zero-order chi connectivity index (χ0) is 17.6. The molecule has 0 radical (unpaired) electrons. The molecule has 1 unspecified atom stereocenters. The van der Waals surface area contributed by atoms with Crippen LogP contribution in [0.25, 0.3) is 11.3 Å². The van der Waals surface area contributed by atoms with E-state index in [9.17, 15) is 4.79 Å². The molecule has 1 aromatic carbocycles. The fourth-order valence-corrected chi connectivity index (χ4v) is 3.34. The molecule has 1 saturated heterocycles. The molecule has 0 spiro atoms. The summed E-state index contributed by atoms with van der Waals surface area (Å²) in [5.74, 6) is 0.661. The smallest absolute Gasteiger partial charge is 0.237 e. The maximum Gasteiger partial charge on any atom is 0.237 e. The van der Waals surface area contributed by atoms with Gasteiger partial charge in [0.15, 0.2) is 5.76 Å². The molecule has 1 N–H and O–H groups in total. The third kappa shape index (κ3) is 4.83. The lowest BCUT2D eigenvalue weighted by molar-refractivity contribution is -0.126. The molecule has 0 bridgehead atoms. The third-order valence-corrected chi connectivity index (χ3v) is 4.92. The normalized spacial score (nSPS) is 17.0. The minimum Gasteiger partial charge on any atom is -0.359 e. The lowest BCUT2D eigenvalue weighted by Crippen LogP contribution is -2.45. The van der Waals surface area contributed by atoms with Gasteiger partial charge in [-0.1, -0.05) is 41.7 Å². The highest BCUT2D eigenvalue weighted by molar-refractivity contribution is 6.30. The fraction of sp³-hybridized carbons (Fsp3) is 0.474. The lowest BCUT2D eigenvalue weighted by Gasteiger charge is -2.26. The van der Waals surface area contributed by atoms with E-state index in [1.54, 1.807) is 0 Å². The third-order valence-electron chi connectivity index (χ3n) is 4.68. The minimum absolute atomic E-state index is 0.0302. The van der Waals surface area contributed by atoms with Crippen molar-refractivity contribution >= 4 is 17.5 Å². The van der Waals surface area contributed by atoms with E-state index in [-0.39, 0.29) is 11.9 Å². The van der Waals surface area contributed by atoms with Crippen molar-refractivity contribution in [2.24, 2.45) is 0 Å². The van der Waals surface area contributed by atoms with E-state index in [0.29, 0.717) is 23.0 Å². The summed E-state index contributed by atoms with van der Waals surface area (Å²) in [6.07, 6.45) is 4.86. The van der Waals surface area contributed by atoms with Crippen LogP contribution < -0.4 is 5.32 Å². The maximum absolute atomic E-state index is 12.4.